The van der Waals surface area contributed by atoms with E-state index < -0.39 is 22.4 Å². The number of methoxy groups -OCH3 is 1. The van der Waals surface area contributed by atoms with Gasteiger partial charge < -0.3 is 4.74 Å². The maximum absolute atomic E-state index is 12.1. The maximum atomic E-state index is 12.1. The van der Waals surface area contributed by atoms with Crippen molar-refractivity contribution in [2.45, 2.75) is 0 Å². The molecule has 0 saturated heterocycles. The Morgan fingerprint density at radius 1 is 1.08 bits per heavy atom. The Hall–Kier alpha value is -2.84. The highest BCUT2D eigenvalue weighted by Gasteiger charge is 2.18. The summed E-state index contributed by atoms with van der Waals surface area (Å²) in [4.78, 5) is 34.3. The van der Waals surface area contributed by atoms with E-state index in [4.69, 9.17) is 27.9 Å². The minimum Gasteiger partial charge on any atom is -0.496 e. The van der Waals surface area contributed by atoms with E-state index in [1.165, 1.54) is 31.4 Å². The number of nitrogens with one attached hydrogen (secondary N) is 2. The summed E-state index contributed by atoms with van der Waals surface area (Å²) in [5.74, 6) is -1.16. The van der Waals surface area contributed by atoms with Gasteiger partial charge in [-0.05, 0) is 30.3 Å². The van der Waals surface area contributed by atoms with Gasteiger partial charge in [0.05, 0.1) is 17.6 Å². The lowest BCUT2D eigenvalue weighted by molar-refractivity contribution is -0.384. The van der Waals surface area contributed by atoms with Gasteiger partial charge in [0.25, 0.3) is 17.5 Å². The van der Waals surface area contributed by atoms with Gasteiger partial charge in [-0.15, -0.1) is 0 Å². The monoisotopic (exact) mass is 383 g/mol. The number of ether oxygens (including phenoxy) is 1. The van der Waals surface area contributed by atoms with Crippen molar-refractivity contribution in [1.29, 1.82) is 0 Å². The Balaban J connectivity index is 2.12. The molecule has 0 atom stereocenters. The quantitative estimate of drug-likeness (QED) is 0.622. The molecule has 0 aliphatic heterocycles. The zero-order chi connectivity index (χ0) is 18.6. The van der Waals surface area contributed by atoms with Crippen LogP contribution in [0.3, 0.4) is 0 Å². The van der Waals surface area contributed by atoms with E-state index in [1.54, 1.807) is 6.07 Å². The van der Waals surface area contributed by atoms with Crippen LogP contribution in [0, 0.1) is 10.1 Å². The Morgan fingerprint density at radius 2 is 1.76 bits per heavy atom. The Bertz CT molecular complexity index is 857. The SMILES string of the molecule is COc1ccc(Cl)cc1C(=O)NNC(=O)c1ccc(Cl)c([N+](=O)[O-])c1. The molecule has 0 radical (unpaired) electrons. The van der Waals surface area contributed by atoms with Crippen molar-refractivity contribution in [3.63, 3.8) is 0 Å². The number of nitro groups is 1. The predicted octanol–water partition coefficient (Wildman–Crippen LogP) is 2.99. The number of carbonyl (C=O) groups is 2. The van der Waals surface area contributed by atoms with Crippen molar-refractivity contribution in [2.75, 3.05) is 7.11 Å². The summed E-state index contributed by atoms with van der Waals surface area (Å²) in [5.41, 5.74) is 3.98. The molecule has 0 spiro atoms. The van der Waals surface area contributed by atoms with Gasteiger partial charge in [0.2, 0.25) is 0 Å². The average Bonchev–Trinajstić information content (AvgIpc) is 2.59. The van der Waals surface area contributed by atoms with Gasteiger partial charge in [-0.25, -0.2) is 0 Å². The largest absolute Gasteiger partial charge is 0.496 e. The van der Waals surface area contributed by atoms with Crippen LogP contribution in [0.25, 0.3) is 0 Å². The van der Waals surface area contributed by atoms with Crippen LogP contribution in [0.1, 0.15) is 20.7 Å². The average molecular weight is 384 g/mol. The number of carbonyl (C=O) groups excluding carboxylic acids is 2. The number of nitrogens with zero attached hydrogens (tertiary/aromatic N) is 1. The van der Waals surface area contributed by atoms with Crippen molar-refractivity contribution in [2.24, 2.45) is 0 Å². The zero-order valence-electron chi connectivity index (χ0n) is 12.7. The van der Waals surface area contributed by atoms with Crippen LogP contribution in [-0.4, -0.2) is 23.8 Å². The third kappa shape index (κ3) is 4.37. The fraction of sp³-hybridized carbons (Fsp3) is 0.0667. The number of halogens is 2. The number of hydrogen-bond acceptors (Lipinski definition) is 5. The first-order valence-electron chi connectivity index (χ1n) is 6.71. The molecule has 0 unspecified atom stereocenters. The number of nitro benzene ring substituents is 1. The standard InChI is InChI=1S/C15H11Cl2N3O5/c1-25-13-5-3-9(16)7-10(13)15(22)19-18-14(21)8-2-4-11(17)12(6-8)20(23)24/h2-7H,1H3,(H,18,21)(H,19,22). The van der Waals surface area contributed by atoms with Crippen molar-refractivity contribution >= 4 is 40.7 Å². The second-order valence-electron chi connectivity index (χ2n) is 4.68. The van der Waals surface area contributed by atoms with Gasteiger partial charge in [-0.3, -0.25) is 30.6 Å². The summed E-state index contributed by atoms with van der Waals surface area (Å²) in [6, 6.07) is 7.93. The van der Waals surface area contributed by atoms with E-state index >= 15 is 0 Å². The molecule has 0 aromatic heterocycles. The number of hydrogen-bond donors (Lipinski definition) is 2. The second-order valence-corrected chi connectivity index (χ2v) is 5.52. The molecular formula is C15H11Cl2N3O5. The summed E-state index contributed by atoms with van der Waals surface area (Å²) in [6.45, 7) is 0. The molecule has 0 aliphatic rings. The Morgan fingerprint density at radius 3 is 2.40 bits per heavy atom. The van der Waals surface area contributed by atoms with Crippen LogP contribution in [-0.2, 0) is 0 Å². The molecule has 2 aromatic carbocycles. The number of hydrazine groups is 1. The fourth-order valence-electron chi connectivity index (χ4n) is 1.90. The van der Waals surface area contributed by atoms with Gasteiger partial charge in [0.1, 0.15) is 10.8 Å². The number of rotatable bonds is 4. The van der Waals surface area contributed by atoms with Crippen molar-refractivity contribution in [1.82, 2.24) is 10.9 Å². The van der Waals surface area contributed by atoms with Crippen LogP contribution in [0.15, 0.2) is 36.4 Å². The van der Waals surface area contributed by atoms with E-state index in [1.807, 2.05) is 0 Å². The molecule has 2 amide bonds. The zero-order valence-corrected chi connectivity index (χ0v) is 14.2. The van der Waals surface area contributed by atoms with Gasteiger partial charge in [-0.2, -0.15) is 0 Å². The Labute approximate surface area is 151 Å². The summed E-state index contributed by atoms with van der Waals surface area (Å²) < 4.78 is 5.05. The predicted molar refractivity (Wildman–Crippen MR) is 91.0 cm³/mol. The third-order valence-electron chi connectivity index (χ3n) is 3.10. The van der Waals surface area contributed by atoms with Crippen molar-refractivity contribution in [3.05, 3.63) is 67.7 Å². The van der Waals surface area contributed by atoms with E-state index in [0.717, 1.165) is 6.07 Å². The fourth-order valence-corrected chi connectivity index (χ4v) is 2.26. The summed E-state index contributed by atoms with van der Waals surface area (Å²) >= 11 is 11.5. The van der Waals surface area contributed by atoms with Gasteiger partial charge >= 0.3 is 0 Å². The van der Waals surface area contributed by atoms with Crippen molar-refractivity contribution in [3.8, 4) is 5.75 Å². The van der Waals surface area contributed by atoms with E-state index in [9.17, 15) is 19.7 Å². The number of amides is 2. The molecule has 0 aliphatic carbocycles. The lowest BCUT2D eigenvalue weighted by atomic mass is 10.2. The van der Waals surface area contributed by atoms with E-state index in [-0.39, 0.29) is 21.9 Å². The second kappa shape index (κ2) is 7.82. The normalized spacial score (nSPS) is 10.0. The smallest absolute Gasteiger partial charge is 0.288 e. The lowest BCUT2D eigenvalue weighted by Gasteiger charge is -2.11. The summed E-state index contributed by atoms with van der Waals surface area (Å²) in [6.07, 6.45) is 0. The maximum Gasteiger partial charge on any atom is 0.288 e. The van der Waals surface area contributed by atoms with Crippen molar-refractivity contribution < 1.29 is 19.2 Å². The van der Waals surface area contributed by atoms with Gasteiger partial charge in [0, 0.05) is 16.7 Å². The van der Waals surface area contributed by atoms with Gasteiger partial charge in [-0.1, -0.05) is 23.2 Å². The van der Waals surface area contributed by atoms with Crippen LogP contribution >= 0.6 is 23.2 Å². The molecular weight excluding hydrogens is 373 g/mol. The molecule has 25 heavy (non-hydrogen) atoms. The molecule has 0 heterocycles. The molecule has 0 saturated carbocycles. The first-order valence-corrected chi connectivity index (χ1v) is 7.47. The van der Waals surface area contributed by atoms with Gasteiger partial charge in [0.15, 0.2) is 0 Å². The molecule has 2 N–H and O–H groups in total. The minimum atomic E-state index is -0.755. The molecule has 2 aromatic rings. The lowest BCUT2D eigenvalue weighted by Crippen LogP contribution is -2.41. The highest BCUT2D eigenvalue weighted by atomic mass is 35.5. The first-order chi connectivity index (χ1) is 11.8. The third-order valence-corrected chi connectivity index (χ3v) is 3.66. The first kappa shape index (κ1) is 18.5. The van der Waals surface area contributed by atoms with Crippen LogP contribution in [0.2, 0.25) is 10.0 Å². The minimum absolute atomic E-state index is 0.0468. The molecule has 0 bridgehead atoms. The highest BCUT2D eigenvalue weighted by Crippen LogP contribution is 2.25. The molecule has 2 rings (SSSR count). The number of benzene rings is 2. The van der Waals surface area contributed by atoms with Crippen LogP contribution in [0.5, 0.6) is 5.75 Å². The van der Waals surface area contributed by atoms with Crippen LogP contribution in [0.4, 0.5) is 5.69 Å². The molecule has 10 heteroatoms. The highest BCUT2D eigenvalue weighted by molar-refractivity contribution is 6.32. The molecule has 130 valence electrons. The topological polar surface area (TPSA) is 111 Å². The molecule has 0 fully saturated rings. The summed E-state index contributed by atoms with van der Waals surface area (Å²) in [7, 11) is 1.38. The summed E-state index contributed by atoms with van der Waals surface area (Å²) in [5, 5.41) is 11.1. The Kier molecular flexibility index (Phi) is 5.79. The van der Waals surface area contributed by atoms with E-state index in [2.05, 4.69) is 10.9 Å². The van der Waals surface area contributed by atoms with Crippen LogP contribution < -0.4 is 15.6 Å². The molecule has 8 nitrogen and oxygen atoms in total. The van der Waals surface area contributed by atoms with E-state index in [0.29, 0.717) is 5.02 Å².